The Bertz CT molecular complexity index is 434. The van der Waals surface area contributed by atoms with E-state index in [-0.39, 0.29) is 24.3 Å². The van der Waals surface area contributed by atoms with E-state index in [9.17, 15) is 9.59 Å². The molecule has 1 rings (SSSR count). The smallest absolute Gasteiger partial charge is 0.251 e. The van der Waals surface area contributed by atoms with Gasteiger partial charge < -0.3 is 15.4 Å². The third-order valence-electron chi connectivity index (χ3n) is 2.90. The lowest BCUT2D eigenvalue weighted by atomic mass is 10.1. The zero-order chi connectivity index (χ0) is 15.5. The Morgan fingerprint density at radius 1 is 1.24 bits per heavy atom. The summed E-state index contributed by atoms with van der Waals surface area (Å²) in [5, 5.41) is 5.63. The molecule has 5 heteroatoms. The molecule has 5 nitrogen and oxygen atoms in total. The molecule has 0 saturated carbocycles. The van der Waals surface area contributed by atoms with Gasteiger partial charge in [0.05, 0.1) is 0 Å². The second-order valence-electron chi connectivity index (χ2n) is 4.85. The van der Waals surface area contributed by atoms with Crippen LogP contribution in [-0.2, 0) is 9.53 Å². The molecule has 0 fully saturated rings. The van der Waals surface area contributed by atoms with Crippen LogP contribution >= 0.6 is 0 Å². The van der Waals surface area contributed by atoms with Crippen molar-refractivity contribution in [1.29, 1.82) is 0 Å². The summed E-state index contributed by atoms with van der Waals surface area (Å²) in [5.74, 6) is -0.223. The number of nitrogens with one attached hydrogen (secondary N) is 2. The number of ether oxygens (including phenoxy) is 1. The van der Waals surface area contributed by atoms with Gasteiger partial charge in [-0.25, -0.2) is 0 Å². The van der Waals surface area contributed by atoms with E-state index in [1.165, 1.54) is 0 Å². The number of rotatable bonds is 9. The monoisotopic (exact) mass is 292 g/mol. The van der Waals surface area contributed by atoms with Gasteiger partial charge in [0.15, 0.2) is 0 Å². The van der Waals surface area contributed by atoms with Crippen LogP contribution in [0.25, 0.3) is 0 Å². The number of carbonyl (C=O) groups excluding carboxylic acids is 2. The first-order valence-electron chi connectivity index (χ1n) is 7.33. The first-order valence-corrected chi connectivity index (χ1v) is 7.33. The maximum absolute atomic E-state index is 11.9. The molecule has 2 amide bonds. The molecule has 1 atom stereocenters. The molecule has 0 aliphatic heterocycles. The van der Waals surface area contributed by atoms with Crippen molar-refractivity contribution in [3.05, 3.63) is 35.9 Å². The minimum absolute atomic E-state index is 0.0626. The summed E-state index contributed by atoms with van der Waals surface area (Å²) in [7, 11) is 0. The van der Waals surface area contributed by atoms with Crippen LogP contribution in [0.5, 0.6) is 0 Å². The first kappa shape index (κ1) is 17.2. The third-order valence-corrected chi connectivity index (χ3v) is 2.90. The lowest BCUT2D eigenvalue weighted by Gasteiger charge is -2.14. The van der Waals surface area contributed by atoms with Gasteiger partial charge in [-0.05, 0) is 32.4 Å². The zero-order valence-corrected chi connectivity index (χ0v) is 12.7. The van der Waals surface area contributed by atoms with Crippen molar-refractivity contribution in [3.63, 3.8) is 0 Å². The van der Waals surface area contributed by atoms with Gasteiger partial charge in [-0.1, -0.05) is 18.2 Å². The lowest BCUT2D eigenvalue weighted by molar-refractivity contribution is -0.121. The summed E-state index contributed by atoms with van der Waals surface area (Å²) < 4.78 is 5.19. The van der Waals surface area contributed by atoms with E-state index in [1.54, 1.807) is 12.1 Å². The van der Waals surface area contributed by atoms with Gasteiger partial charge in [-0.3, -0.25) is 9.59 Å². The van der Waals surface area contributed by atoms with Crippen LogP contribution in [0, 0.1) is 0 Å². The zero-order valence-electron chi connectivity index (χ0n) is 12.7. The standard InChI is InChI=1S/C16H24N2O3/c1-3-21-11-7-10-17-15(19)12-13(2)18-16(20)14-8-5-4-6-9-14/h4-6,8-9,13H,3,7,10-12H2,1-2H3,(H,17,19)(H,18,20). The molecule has 116 valence electrons. The summed E-state index contributed by atoms with van der Waals surface area (Å²) in [5.41, 5.74) is 0.599. The first-order chi connectivity index (χ1) is 10.1. The van der Waals surface area contributed by atoms with Crippen LogP contribution in [0.1, 0.15) is 37.0 Å². The minimum atomic E-state index is -0.204. The molecule has 0 aromatic heterocycles. The number of hydrogen-bond donors (Lipinski definition) is 2. The molecule has 1 unspecified atom stereocenters. The topological polar surface area (TPSA) is 67.4 Å². The summed E-state index contributed by atoms with van der Waals surface area (Å²) in [6, 6.07) is 8.77. The fourth-order valence-corrected chi connectivity index (χ4v) is 1.84. The summed E-state index contributed by atoms with van der Waals surface area (Å²) >= 11 is 0. The quantitative estimate of drug-likeness (QED) is 0.681. The molecular formula is C16H24N2O3. The number of benzene rings is 1. The van der Waals surface area contributed by atoms with Gasteiger partial charge in [0.25, 0.3) is 5.91 Å². The van der Waals surface area contributed by atoms with E-state index in [0.29, 0.717) is 25.3 Å². The third kappa shape index (κ3) is 7.46. The van der Waals surface area contributed by atoms with E-state index in [2.05, 4.69) is 10.6 Å². The van der Waals surface area contributed by atoms with Crippen molar-refractivity contribution in [1.82, 2.24) is 10.6 Å². The molecule has 0 spiro atoms. The highest BCUT2D eigenvalue weighted by molar-refractivity contribution is 5.94. The SMILES string of the molecule is CCOCCCNC(=O)CC(C)NC(=O)c1ccccc1. The minimum Gasteiger partial charge on any atom is -0.382 e. The lowest BCUT2D eigenvalue weighted by Crippen LogP contribution is -2.37. The van der Waals surface area contributed by atoms with Gasteiger partial charge in [0.2, 0.25) is 5.91 Å². The fourth-order valence-electron chi connectivity index (χ4n) is 1.84. The van der Waals surface area contributed by atoms with Crippen LogP contribution in [-0.4, -0.2) is 37.6 Å². The van der Waals surface area contributed by atoms with E-state index >= 15 is 0 Å². The second kappa shape index (κ2) is 9.94. The molecular weight excluding hydrogens is 268 g/mol. The van der Waals surface area contributed by atoms with Gasteiger partial charge in [-0.15, -0.1) is 0 Å². The summed E-state index contributed by atoms with van der Waals surface area (Å²) in [4.78, 5) is 23.6. The molecule has 1 aromatic rings. The van der Waals surface area contributed by atoms with E-state index in [0.717, 1.165) is 6.42 Å². The predicted molar refractivity (Wildman–Crippen MR) is 82.1 cm³/mol. The van der Waals surface area contributed by atoms with E-state index in [1.807, 2.05) is 32.0 Å². The van der Waals surface area contributed by atoms with Gasteiger partial charge in [-0.2, -0.15) is 0 Å². The van der Waals surface area contributed by atoms with Crippen molar-refractivity contribution in [2.75, 3.05) is 19.8 Å². The second-order valence-corrected chi connectivity index (χ2v) is 4.85. The van der Waals surface area contributed by atoms with Crippen LogP contribution in [0.4, 0.5) is 0 Å². The van der Waals surface area contributed by atoms with Crippen LogP contribution in [0.2, 0.25) is 0 Å². The average molecular weight is 292 g/mol. The Labute approximate surface area is 126 Å². The van der Waals surface area contributed by atoms with Crippen LogP contribution in [0.15, 0.2) is 30.3 Å². The Morgan fingerprint density at radius 3 is 2.62 bits per heavy atom. The van der Waals surface area contributed by atoms with Crippen molar-refractivity contribution >= 4 is 11.8 Å². The highest BCUT2D eigenvalue weighted by Crippen LogP contribution is 2.00. The maximum atomic E-state index is 11.9. The van der Waals surface area contributed by atoms with Crippen molar-refractivity contribution in [2.24, 2.45) is 0 Å². The van der Waals surface area contributed by atoms with Gasteiger partial charge >= 0.3 is 0 Å². The summed E-state index contributed by atoms with van der Waals surface area (Å²) in [6.45, 7) is 5.70. The Balaban J connectivity index is 2.22. The number of carbonyl (C=O) groups is 2. The molecule has 0 aliphatic rings. The highest BCUT2D eigenvalue weighted by atomic mass is 16.5. The van der Waals surface area contributed by atoms with Crippen molar-refractivity contribution < 1.29 is 14.3 Å². The number of hydrogen-bond acceptors (Lipinski definition) is 3. The predicted octanol–water partition coefficient (Wildman–Crippen LogP) is 1.74. The van der Waals surface area contributed by atoms with Crippen LogP contribution in [0.3, 0.4) is 0 Å². The van der Waals surface area contributed by atoms with E-state index < -0.39 is 0 Å². The summed E-state index contributed by atoms with van der Waals surface area (Å²) in [6.07, 6.45) is 1.07. The Hall–Kier alpha value is -1.88. The maximum Gasteiger partial charge on any atom is 0.251 e. The van der Waals surface area contributed by atoms with Gasteiger partial charge in [0.1, 0.15) is 0 Å². The van der Waals surface area contributed by atoms with Crippen molar-refractivity contribution in [2.45, 2.75) is 32.7 Å². The van der Waals surface area contributed by atoms with Gasteiger partial charge in [0, 0.05) is 37.8 Å². The molecule has 0 bridgehead atoms. The van der Waals surface area contributed by atoms with Crippen LogP contribution < -0.4 is 10.6 Å². The molecule has 2 N–H and O–H groups in total. The molecule has 0 saturated heterocycles. The molecule has 0 aliphatic carbocycles. The molecule has 21 heavy (non-hydrogen) atoms. The Kier molecular flexibility index (Phi) is 8.12. The van der Waals surface area contributed by atoms with E-state index in [4.69, 9.17) is 4.74 Å². The molecule has 0 heterocycles. The average Bonchev–Trinajstić information content (AvgIpc) is 2.47. The number of amides is 2. The largest absolute Gasteiger partial charge is 0.382 e. The molecule has 0 radical (unpaired) electrons. The highest BCUT2D eigenvalue weighted by Gasteiger charge is 2.12. The normalized spacial score (nSPS) is 11.7. The molecule has 1 aromatic carbocycles. The Morgan fingerprint density at radius 2 is 1.95 bits per heavy atom. The van der Waals surface area contributed by atoms with Crippen molar-refractivity contribution in [3.8, 4) is 0 Å². The fraction of sp³-hybridized carbons (Fsp3) is 0.500.